The van der Waals surface area contributed by atoms with E-state index < -0.39 is 17.7 Å². The summed E-state index contributed by atoms with van der Waals surface area (Å²) in [6.07, 6.45) is 3.90. The molecule has 36 heavy (non-hydrogen) atoms. The van der Waals surface area contributed by atoms with Crippen LogP contribution in [0.2, 0.25) is 0 Å². The topological polar surface area (TPSA) is 99.0 Å². The Labute approximate surface area is 209 Å². The molecule has 1 amide bonds. The highest BCUT2D eigenvalue weighted by Gasteiger charge is 2.31. The first-order valence-corrected chi connectivity index (χ1v) is 12.3. The van der Waals surface area contributed by atoms with Gasteiger partial charge in [0.25, 0.3) is 5.91 Å². The summed E-state index contributed by atoms with van der Waals surface area (Å²) < 4.78 is 38.6. The van der Waals surface area contributed by atoms with Gasteiger partial charge in [-0.1, -0.05) is 11.2 Å². The molecule has 2 aliphatic heterocycles. The quantitative estimate of drug-likeness (QED) is 0.471. The first-order chi connectivity index (χ1) is 17.5. The summed E-state index contributed by atoms with van der Waals surface area (Å²) in [6.45, 7) is 1.10. The third-order valence-electron chi connectivity index (χ3n) is 6.15. The predicted octanol–water partition coefficient (Wildman–Crippen LogP) is 3.87. The van der Waals surface area contributed by atoms with Crippen LogP contribution in [0.25, 0.3) is 0 Å². The Morgan fingerprint density at radius 1 is 1.19 bits per heavy atom. The van der Waals surface area contributed by atoms with E-state index in [1.165, 1.54) is 49.0 Å². The van der Waals surface area contributed by atoms with Gasteiger partial charge in [0, 0.05) is 30.8 Å². The molecule has 0 bridgehead atoms. The number of likely N-dealkylation sites (tertiary alicyclic amines) is 1. The first-order valence-electron chi connectivity index (χ1n) is 11.4. The van der Waals surface area contributed by atoms with Crippen LogP contribution in [-0.2, 0) is 9.63 Å². The van der Waals surface area contributed by atoms with Crippen LogP contribution >= 0.6 is 11.3 Å². The molecule has 2 aromatic heterocycles. The van der Waals surface area contributed by atoms with E-state index in [1.807, 2.05) is 5.38 Å². The maximum absolute atomic E-state index is 14.1. The van der Waals surface area contributed by atoms with Crippen molar-refractivity contribution < 1.29 is 27.9 Å². The van der Waals surface area contributed by atoms with Crippen molar-refractivity contribution in [2.45, 2.75) is 31.3 Å². The predicted molar refractivity (Wildman–Crippen MR) is 126 cm³/mol. The monoisotopic (exact) mass is 515 g/mol. The van der Waals surface area contributed by atoms with Gasteiger partial charge in [-0.05, 0) is 25.0 Å². The number of rotatable bonds is 7. The molecular formula is C24H23F2N5O4S. The molecule has 188 valence electrons. The van der Waals surface area contributed by atoms with Gasteiger partial charge >= 0.3 is 6.01 Å². The molecule has 0 aliphatic carbocycles. The molecule has 1 atom stereocenters. The molecule has 1 aromatic carbocycles. The third-order valence-corrected chi connectivity index (χ3v) is 7.16. The molecule has 1 fully saturated rings. The second-order valence-electron chi connectivity index (χ2n) is 8.39. The van der Waals surface area contributed by atoms with E-state index in [0.29, 0.717) is 30.2 Å². The van der Waals surface area contributed by atoms with Crippen molar-refractivity contribution >= 4 is 23.0 Å². The fraction of sp³-hybridized carbons (Fsp3) is 0.375. The van der Waals surface area contributed by atoms with Gasteiger partial charge < -0.3 is 19.2 Å². The highest BCUT2D eigenvalue weighted by molar-refractivity contribution is 7.10. The summed E-state index contributed by atoms with van der Waals surface area (Å²) in [7, 11) is 1.47. The van der Waals surface area contributed by atoms with Crippen LogP contribution in [0, 0.1) is 11.6 Å². The zero-order valence-electron chi connectivity index (χ0n) is 19.4. The van der Waals surface area contributed by atoms with E-state index in [1.54, 1.807) is 4.90 Å². The Balaban J connectivity index is 1.12. The number of halogens is 2. The Hall–Kier alpha value is -3.67. The number of amides is 1. The summed E-state index contributed by atoms with van der Waals surface area (Å²) in [4.78, 5) is 32.3. The lowest BCUT2D eigenvalue weighted by molar-refractivity contribution is -0.134. The number of ether oxygens (including phenoxy) is 2. The highest BCUT2D eigenvalue weighted by Crippen LogP contribution is 2.35. The SMILES string of the molecule is COc1ncc(OCC(=O)N2CCC(c3nc(C4=NOC(c5c(F)cccc5F)C4)cs3)CC2)cn1. The lowest BCUT2D eigenvalue weighted by atomic mass is 9.97. The molecule has 0 saturated carbocycles. The van der Waals surface area contributed by atoms with Crippen LogP contribution in [0.3, 0.4) is 0 Å². The number of carbonyl (C=O) groups excluding carboxylic acids is 1. The lowest BCUT2D eigenvalue weighted by Crippen LogP contribution is -2.40. The Morgan fingerprint density at radius 3 is 2.61 bits per heavy atom. The zero-order valence-corrected chi connectivity index (χ0v) is 20.2. The molecular weight excluding hydrogens is 492 g/mol. The number of thiazole rings is 1. The van der Waals surface area contributed by atoms with Crippen LogP contribution < -0.4 is 9.47 Å². The maximum Gasteiger partial charge on any atom is 0.316 e. The van der Waals surface area contributed by atoms with Crippen molar-refractivity contribution in [2.75, 3.05) is 26.8 Å². The Kier molecular flexibility index (Phi) is 7.03. The van der Waals surface area contributed by atoms with Gasteiger partial charge in [-0.25, -0.2) is 13.8 Å². The number of hydrogen-bond acceptors (Lipinski definition) is 9. The van der Waals surface area contributed by atoms with E-state index >= 15 is 0 Å². The van der Waals surface area contributed by atoms with E-state index in [0.717, 1.165) is 17.8 Å². The number of nitrogens with zero attached hydrogens (tertiary/aromatic N) is 5. The van der Waals surface area contributed by atoms with Crippen molar-refractivity contribution in [2.24, 2.45) is 5.16 Å². The molecule has 12 heteroatoms. The van der Waals surface area contributed by atoms with Gasteiger partial charge in [0.15, 0.2) is 18.5 Å². The molecule has 0 spiro atoms. The minimum absolute atomic E-state index is 0.0919. The zero-order chi connectivity index (χ0) is 25.1. The van der Waals surface area contributed by atoms with Crippen molar-refractivity contribution in [3.8, 4) is 11.8 Å². The normalized spacial score (nSPS) is 18.0. The van der Waals surface area contributed by atoms with Crippen molar-refractivity contribution in [1.29, 1.82) is 0 Å². The second kappa shape index (κ2) is 10.5. The Morgan fingerprint density at radius 2 is 1.92 bits per heavy atom. The van der Waals surface area contributed by atoms with Crippen LogP contribution in [0.1, 0.15) is 47.5 Å². The number of carbonyl (C=O) groups is 1. The summed E-state index contributed by atoms with van der Waals surface area (Å²) in [5.74, 6) is -0.800. The van der Waals surface area contributed by atoms with Crippen LogP contribution in [-0.4, -0.2) is 58.3 Å². The molecule has 3 aromatic rings. The molecule has 4 heterocycles. The number of methoxy groups -OCH3 is 1. The lowest BCUT2D eigenvalue weighted by Gasteiger charge is -2.31. The third kappa shape index (κ3) is 5.13. The van der Waals surface area contributed by atoms with Crippen LogP contribution in [0.5, 0.6) is 11.8 Å². The number of oxime groups is 1. The molecule has 1 saturated heterocycles. The van der Waals surface area contributed by atoms with E-state index in [9.17, 15) is 13.6 Å². The number of piperidine rings is 1. The van der Waals surface area contributed by atoms with Gasteiger partial charge in [0.1, 0.15) is 17.3 Å². The molecule has 9 nitrogen and oxygen atoms in total. The van der Waals surface area contributed by atoms with E-state index in [4.69, 9.17) is 19.3 Å². The minimum Gasteiger partial charge on any atom is -0.481 e. The summed E-state index contributed by atoms with van der Waals surface area (Å²) >= 11 is 1.52. The summed E-state index contributed by atoms with van der Waals surface area (Å²) in [5, 5.41) is 6.88. The molecule has 5 rings (SSSR count). The average molecular weight is 516 g/mol. The van der Waals surface area contributed by atoms with E-state index in [-0.39, 0.29) is 36.4 Å². The summed E-state index contributed by atoms with van der Waals surface area (Å²) in [5.41, 5.74) is 1.10. The molecule has 1 unspecified atom stereocenters. The number of aromatic nitrogens is 3. The van der Waals surface area contributed by atoms with Gasteiger partial charge in [0.05, 0.1) is 35.8 Å². The smallest absolute Gasteiger partial charge is 0.316 e. The van der Waals surface area contributed by atoms with Crippen molar-refractivity contribution in [3.63, 3.8) is 0 Å². The van der Waals surface area contributed by atoms with Crippen LogP contribution in [0.15, 0.2) is 41.1 Å². The molecule has 0 radical (unpaired) electrons. The molecule has 2 aliphatic rings. The van der Waals surface area contributed by atoms with Gasteiger partial charge in [-0.2, -0.15) is 9.97 Å². The molecule has 0 N–H and O–H groups in total. The average Bonchev–Trinajstić information content (AvgIpc) is 3.58. The van der Waals surface area contributed by atoms with Crippen LogP contribution in [0.4, 0.5) is 8.78 Å². The van der Waals surface area contributed by atoms with E-state index in [2.05, 4.69) is 15.1 Å². The standard InChI is InChI=1S/C24H23F2N5O4S/c1-33-24-27-10-15(11-28-24)34-12-21(32)31-7-5-14(6-8-31)23-29-19(13-36-23)18-9-20(35-30-18)22-16(25)3-2-4-17(22)26/h2-4,10-11,13-14,20H,5-9,12H2,1H3. The Bertz CT molecular complexity index is 1240. The van der Waals surface area contributed by atoms with Gasteiger partial charge in [-0.3, -0.25) is 4.79 Å². The number of benzene rings is 1. The van der Waals surface area contributed by atoms with Crippen molar-refractivity contribution in [1.82, 2.24) is 19.9 Å². The maximum atomic E-state index is 14.1. The number of hydrogen-bond donors (Lipinski definition) is 0. The highest BCUT2D eigenvalue weighted by atomic mass is 32.1. The van der Waals surface area contributed by atoms with Gasteiger partial charge in [-0.15, -0.1) is 11.3 Å². The second-order valence-corrected chi connectivity index (χ2v) is 9.28. The largest absolute Gasteiger partial charge is 0.481 e. The minimum atomic E-state index is -0.813. The first kappa shape index (κ1) is 24.0. The fourth-order valence-electron chi connectivity index (χ4n) is 4.21. The fourth-order valence-corrected chi connectivity index (χ4v) is 5.21. The van der Waals surface area contributed by atoms with Crippen molar-refractivity contribution in [3.05, 3.63) is 63.9 Å². The summed E-state index contributed by atoms with van der Waals surface area (Å²) in [6, 6.07) is 3.96. The van der Waals surface area contributed by atoms with Gasteiger partial charge in [0.2, 0.25) is 0 Å².